The summed E-state index contributed by atoms with van der Waals surface area (Å²) in [6, 6.07) is 27.9. The minimum atomic E-state index is -0.0904. The minimum Gasteiger partial charge on any atom is -0.497 e. The Morgan fingerprint density at radius 2 is 1.60 bits per heavy atom. The van der Waals surface area contributed by atoms with E-state index in [4.69, 9.17) is 9.84 Å². The number of ether oxygens (including phenoxy) is 1. The molecule has 1 aliphatic heterocycles. The Hall–Kier alpha value is -3.86. The van der Waals surface area contributed by atoms with Crippen LogP contribution in [0.15, 0.2) is 84.9 Å². The van der Waals surface area contributed by atoms with E-state index in [9.17, 15) is 4.79 Å². The second-order valence-corrected chi connectivity index (χ2v) is 7.30. The van der Waals surface area contributed by atoms with Gasteiger partial charge in [-0.3, -0.25) is 4.79 Å². The Labute approximate surface area is 174 Å². The van der Waals surface area contributed by atoms with E-state index in [0.29, 0.717) is 6.42 Å². The molecule has 0 unspecified atom stereocenters. The van der Waals surface area contributed by atoms with Gasteiger partial charge in [-0.25, -0.2) is 4.68 Å². The fraction of sp³-hybridized carbons (Fsp3) is 0.120. The fourth-order valence-electron chi connectivity index (χ4n) is 4.04. The fourth-order valence-corrected chi connectivity index (χ4v) is 4.04. The largest absolute Gasteiger partial charge is 0.497 e. The number of carbonyl (C=O) groups is 1. The number of aromatic nitrogens is 2. The van der Waals surface area contributed by atoms with Crippen molar-refractivity contribution < 1.29 is 9.53 Å². The van der Waals surface area contributed by atoms with Crippen molar-refractivity contribution >= 4 is 11.7 Å². The molecule has 1 atom stereocenters. The van der Waals surface area contributed by atoms with Gasteiger partial charge in [0.2, 0.25) is 5.91 Å². The van der Waals surface area contributed by atoms with Gasteiger partial charge in [-0.1, -0.05) is 60.7 Å². The molecule has 3 aromatic carbocycles. The molecular weight excluding hydrogens is 374 g/mol. The Kier molecular flexibility index (Phi) is 4.56. The van der Waals surface area contributed by atoms with E-state index in [2.05, 4.69) is 17.4 Å². The molecule has 5 heteroatoms. The van der Waals surface area contributed by atoms with E-state index < -0.39 is 0 Å². The maximum absolute atomic E-state index is 12.7. The van der Waals surface area contributed by atoms with Crippen molar-refractivity contribution in [1.82, 2.24) is 9.78 Å². The van der Waals surface area contributed by atoms with E-state index in [1.165, 1.54) is 0 Å². The third kappa shape index (κ3) is 3.14. The number of hydrogen-bond acceptors (Lipinski definition) is 3. The number of nitrogens with zero attached hydrogens (tertiary/aromatic N) is 2. The maximum Gasteiger partial charge on any atom is 0.226 e. The number of hydrogen-bond donors (Lipinski definition) is 1. The lowest BCUT2D eigenvalue weighted by Crippen LogP contribution is -2.24. The summed E-state index contributed by atoms with van der Waals surface area (Å²) in [7, 11) is 1.65. The lowest BCUT2D eigenvalue weighted by molar-refractivity contribution is -0.116. The quantitative estimate of drug-likeness (QED) is 0.528. The highest BCUT2D eigenvalue weighted by Gasteiger charge is 2.34. The van der Waals surface area contributed by atoms with Crippen LogP contribution in [0.1, 0.15) is 23.5 Å². The van der Waals surface area contributed by atoms with Crippen molar-refractivity contribution in [2.24, 2.45) is 0 Å². The summed E-state index contributed by atoms with van der Waals surface area (Å²) in [4.78, 5) is 12.7. The standard InChI is InChI=1S/C25H21N3O2/c1-30-20-14-12-17(13-15-20)21-16-22(29)26-25-23(21)24(18-8-4-2-5-9-18)27-28(25)19-10-6-3-7-11-19/h2-15,21H,16H2,1H3,(H,26,29)/t21-/m1/s1. The molecule has 1 aromatic heterocycles. The van der Waals surface area contributed by atoms with Gasteiger partial charge in [-0.15, -0.1) is 0 Å². The first-order valence-electron chi connectivity index (χ1n) is 9.92. The zero-order valence-electron chi connectivity index (χ0n) is 16.6. The third-order valence-corrected chi connectivity index (χ3v) is 5.48. The molecule has 2 heterocycles. The van der Waals surface area contributed by atoms with E-state index in [-0.39, 0.29) is 11.8 Å². The monoisotopic (exact) mass is 395 g/mol. The second kappa shape index (κ2) is 7.52. The number of methoxy groups -OCH3 is 1. The van der Waals surface area contributed by atoms with Gasteiger partial charge in [0.1, 0.15) is 11.6 Å². The minimum absolute atomic E-state index is 0.0139. The van der Waals surface area contributed by atoms with Crippen LogP contribution in [-0.4, -0.2) is 22.8 Å². The first-order chi connectivity index (χ1) is 14.7. The van der Waals surface area contributed by atoms with E-state index in [1.807, 2.05) is 77.5 Å². The van der Waals surface area contributed by atoms with Crippen LogP contribution in [0.2, 0.25) is 0 Å². The molecule has 4 aromatic rings. The summed E-state index contributed by atoms with van der Waals surface area (Å²) in [5.41, 5.74) is 4.92. The highest BCUT2D eigenvalue weighted by atomic mass is 16.5. The smallest absolute Gasteiger partial charge is 0.226 e. The third-order valence-electron chi connectivity index (χ3n) is 5.48. The van der Waals surface area contributed by atoms with Gasteiger partial charge in [-0.05, 0) is 29.8 Å². The number of fused-ring (bicyclic) bond motifs is 1. The van der Waals surface area contributed by atoms with Crippen LogP contribution in [-0.2, 0) is 4.79 Å². The molecule has 5 rings (SSSR count). The summed E-state index contributed by atoms with van der Waals surface area (Å²) in [6.45, 7) is 0. The first-order valence-corrected chi connectivity index (χ1v) is 9.92. The molecule has 0 spiro atoms. The Bertz CT molecular complexity index is 1180. The van der Waals surface area contributed by atoms with Gasteiger partial charge in [0.25, 0.3) is 0 Å². The zero-order chi connectivity index (χ0) is 20.5. The predicted octanol–water partition coefficient (Wildman–Crippen LogP) is 5.02. The molecular formula is C25H21N3O2. The van der Waals surface area contributed by atoms with Crippen molar-refractivity contribution in [3.8, 4) is 22.7 Å². The second-order valence-electron chi connectivity index (χ2n) is 7.30. The van der Waals surface area contributed by atoms with Crippen LogP contribution < -0.4 is 10.1 Å². The Balaban J connectivity index is 1.74. The van der Waals surface area contributed by atoms with Gasteiger partial charge in [0, 0.05) is 23.5 Å². The lowest BCUT2D eigenvalue weighted by atomic mass is 9.84. The summed E-state index contributed by atoms with van der Waals surface area (Å²) in [5, 5.41) is 8.03. The summed E-state index contributed by atoms with van der Waals surface area (Å²) < 4.78 is 7.14. The molecule has 148 valence electrons. The topological polar surface area (TPSA) is 56.1 Å². The molecule has 1 amide bonds. The van der Waals surface area contributed by atoms with Crippen molar-refractivity contribution in [3.63, 3.8) is 0 Å². The van der Waals surface area contributed by atoms with Crippen molar-refractivity contribution in [2.45, 2.75) is 12.3 Å². The Morgan fingerprint density at radius 1 is 0.933 bits per heavy atom. The van der Waals surface area contributed by atoms with Crippen LogP contribution in [0.4, 0.5) is 5.82 Å². The molecule has 0 fully saturated rings. The number of para-hydroxylation sites is 1. The SMILES string of the molecule is COc1ccc([C@H]2CC(=O)Nc3c2c(-c2ccccc2)nn3-c2ccccc2)cc1. The zero-order valence-corrected chi connectivity index (χ0v) is 16.6. The molecule has 1 aliphatic rings. The van der Waals surface area contributed by atoms with Crippen molar-refractivity contribution in [3.05, 3.63) is 96.1 Å². The van der Waals surface area contributed by atoms with Crippen molar-refractivity contribution in [2.75, 3.05) is 12.4 Å². The average molecular weight is 395 g/mol. The molecule has 1 N–H and O–H groups in total. The van der Waals surface area contributed by atoms with Crippen molar-refractivity contribution in [1.29, 1.82) is 0 Å². The lowest BCUT2D eigenvalue weighted by Gasteiger charge is -2.25. The maximum atomic E-state index is 12.7. The average Bonchev–Trinajstić information content (AvgIpc) is 3.19. The van der Waals surface area contributed by atoms with Crippen LogP contribution in [0, 0.1) is 0 Å². The molecule has 0 bridgehead atoms. The molecule has 30 heavy (non-hydrogen) atoms. The summed E-state index contributed by atoms with van der Waals surface area (Å²) in [6.07, 6.45) is 0.375. The molecule has 0 saturated carbocycles. The van der Waals surface area contributed by atoms with E-state index >= 15 is 0 Å². The van der Waals surface area contributed by atoms with Crippen LogP contribution in [0.5, 0.6) is 5.75 Å². The molecule has 0 aliphatic carbocycles. The molecule has 0 radical (unpaired) electrons. The number of benzene rings is 3. The number of anilines is 1. The first kappa shape index (κ1) is 18.2. The highest BCUT2D eigenvalue weighted by molar-refractivity contribution is 5.96. The summed E-state index contributed by atoms with van der Waals surface area (Å²) >= 11 is 0. The van der Waals surface area contributed by atoms with Crippen LogP contribution in [0.25, 0.3) is 16.9 Å². The van der Waals surface area contributed by atoms with Gasteiger partial charge in [0.15, 0.2) is 0 Å². The van der Waals surface area contributed by atoms with Crippen LogP contribution >= 0.6 is 0 Å². The predicted molar refractivity (Wildman–Crippen MR) is 117 cm³/mol. The Morgan fingerprint density at radius 3 is 2.27 bits per heavy atom. The molecule has 0 saturated heterocycles. The number of nitrogens with one attached hydrogen (secondary N) is 1. The number of rotatable bonds is 4. The number of amides is 1. The van der Waals surface area contributed by atoms with E-state index in [1.54, 1.807) is 7.11 Å². The van der Waals surface area contributed by atoms with Gasteiger partial charge in [-0.2, -0.15) is 5.10 Å². The normalized spacial score (nSPS) is 15.4. The van der Waals surface area contributed by atoms with Gasteiger partial charge < -0.3 is 10.1 Å². The van der Waals surface area contributed by atoms with Gasteiger partial charge >= 0.3 is 0 Å². The number of carbonyl (C=O) groups excluding carboxylic acids is 1. The van der Waals surface area contributed by atoms with Gasteiger partial charge in [0.05, 0.1) is 18.5 Å². The highest BCUT2D eigenvalue weighted by Crippen LogP contribution is 2.44. The van der Waals surface area contributed by atoms with E-state index in [0.717, 1.165) is 39.6 Å². The van der Waals surface area contributed by atoms with Crippen LogP contribution in [0.3, 0.4) is 0 Å². The summed E-state index contributed by atoms with van der Waals surface area (Å²) in [5.74, 6) is 1.42. The molecule has 5 nitrogen and oxygen atoms in total.